The number of hydrazine groups is 1. The lowest BCUT2D eigenvalue weighted by atomic mass is 10.2. The monoisotopic (exact) mass is 302 g/mol. The van der Waals surface area contributed by atoms with Gasteiger partial charge in [-0.25, -0.2) is 4.79 Å². The Morgan fingerprint density at radius 2 is 1.77 bits per heavy atom. The van der Waals surface area contributed by atoms with Gasteiger partial charge in [0.05, 0.1) is 6.26 Å². The van der Waals surface area contributed by atoms with E-state index in [-0.39, 0.29) is 5.76 Å². The topological polar surface area (TPSA) is 97.6 Å². The highest BCUT2D eigenvalue weighted by Crippen LogP contribution is 2.04. The van der Waals surface area contributed by atoms with E-state index in [1.807, 2.05) is 0 Å². The van der Waals surface area contributed by atoms with Gasteiger partial charge in [-0.2, -0.15) is 0 Å². The molecule has 1 heterocycles. The second kappa shape index (κ2) is 7.07. The van der Waals surface area contributed by atoms with Crippen LogP contribution in [-0.2, 0) is 9.53 Å². The minimum atomic E-state index is -1.09. The van der Waals surface area contributed by atoms with Gasteiger partial charge in [0.25, 0.3) is 11.8 Å². The third-order valence-corrected chi connectivity index (χ3v) is 2.71. The maximum atomic E-state index is 11.8. The van der Waals surface area contributed by atoms with Crippen LogP contribution in [0, 0.1) is 0 Å². The molecule has 2 amide bonds. The van der Waals surface area contributed by atoms with E-state index in [0.29, 0.717) is 5.56 Å². The number of amides is 2. The summed E-state index contributed by atoms with van der Waals surface area (Å²) in [6.07, 6.45) is 0.232. The van der Waals surface area contributed by atoms with Gasteiger partial charge in [-0.05, 0) is 31.2 Å². The van der Waals surface area contributed by atoms with Crippen molar-refractivity contribution in [1.29, 1.82) is 0 Å². The number of benzene rings is 1. The lowest BCUT2D eigenvalue weighted by Crippen LogP contribution is -2.46. The summed E-state index contributed by atoms with van der Waals surface area (Å²) in [4.78, 5) is 35.1. The van der Waals surface area contributed by atoms with Crippen molar-refractivity contribution in [3.63, 3.8) is 0 Å². The van der Waals surface area contributed by atoms with Crippen molar-refractivity contribution in [3.05, 3.63) is 60.1 Å². The molecule has 0 spiro atoms. The van der Waals surface area contributed by atoms with Crippen molar-refractivity contribution in [2.45, 2.75) is 13.0 Å². The van der Waals surface area contributed by atoms with E-state index in [2.05, 4.69) is 10.9 Å². The Labute approximate surface area is 126 Å². The van der Waals surface area contributed by atoms with E-state index in [1.165, 1.54) is 25.3 Å². The molecule has 0 unspecified atom stereocenters. The van der Waals surface area contributed by atoms with Crippen molar-refractivity contribution >= 4 is 17.8 Å². The Kier molecular flexibility index (Phi) is 4.92. The summed E-state index contributed by atoms with van der Waals surface area (Å²) >= 11 is 0. The van der Waals surface area contributed by atoms with E-state index in [0.717, 1.165) is 0 Å². The second-order valence-electron chi connectivity index (χ2n) is 4.33. The first-order chi connectivity index (χ1) is 10.6. The van der Waals surface area contributed by atoms with Crippen LogP contribution in [0.1, 0.15) is 27.8 Å². The predicted octanol–water partition coefficient (Wildman–Crippen LogP) is 1.29. The van der Waals surface area contributed by atoms with Crippen LogP contribution in [0.25, 0.3) is 0 Å². The third-order valence-electron chi connectivity index (χ3n) is 2.71. The van der Waals surface area contributed by atoms with Crippen molar-refractivity contribution < 1.29 is 23.5 Å². The number of nitrogens with one attached hydrogen (secondary N) is 2. The lowest BCUT2D eigenvalue weighted by Gasteiger charge is -2.13. The average molecular weight is 302 g/mol. The van der Waals surface area contributed by atoms with E-state index >= 15 is 0 Å². The van der Waals surface area contributed by atoms with Crippen LogP contribution in [0.4, 0.5) is 0 Å². The highest BCUT2D eigenvalue weighted by atomic mass is 16.6. The number of ether oxygens (including phenoxy) is 1. The van der Waals surface area contributed by atoms with Crippen LogP contribution in [0.3, 0.4) is 0 Å². The molecule has 0 fully saturated rings. The largest absolute Gasteiger partial charge is 0.457 e. The van der Waals surface area contributed by atoms with Crippen molar-refractivity contribution in [3.8, 4) is 0 Å². The van der Waals surface area contributed by atoms with Crippen LogP contribution in [-0.4, -0.2) is 23.9 Å². The van der Waals surface area contributed by atoms with E-state index in [1.54, 1.807) is 30.3 Å². The normalized spacial score (nSPS) is 11.3. The Bertz CT molecular complexity index is 652. The van der Waals surface area contributed by atoms with Crippen molar-refractivity contribution in [2.75, 3.05) is 0 Å². The second-order valence-corrected chi connectivity index (χ2v) is 4.33. The molecular formula is C15H14N2O5. The minimum absolute atomic E-state index is 0.00651. The molecule has 2 rings (SSSR count). The standard InChI is InChI=1S/C15H14N2O5/c1-10(22-15(20)12-8-5-9-21-12)13(18)16-17-14(19)11-6-3-2-4-7-11/h2-10H,1H3,(H,16,18)(H,17,19)/t10-/m0/s1. The molecule has 1 aromatic heterocycles. The molecule has 1 atom stereocenters. The van der Waals surface area contributed by atoms with Gasteiger partial charge in [0.1, 0.15) is 0 Å². The van der Waals surface area contributed by atoms with Crippen molar-refractivity contribution in [2.24, 2.45) is 0 Å². The molecule has 114 valence electrons. The molecule has 1 aromatic carbocycles. The van der Waals surface area contributed by atoms with Gasteiger partial charge in [-0.1, -0.05) is 18.2 Å². The SMILES string of the molecule is C[C@H](OC(=O)c1ccco1)C(=O)NNC(=O)c1ccccc1. The molecule has 0 radical (unpaired) electrons. The summed E-state index contributed by atoms with van der Waals surface area (Å²) in [6, 6.07) is 11.3. The van der Waals surface area contributed by atoms with Gasteiger partial charge in [0, 0.05) is 5.56 Å². The minimum Gasteiger partial charge on any atom is -0.457 e. The van der Waals surface area contributed by atoms with Gasteiger partial charge in [0.15, 0.2) is 6.10 Å². The summed E-state index contributed by atoms with van der Waals surface area (Å²) in [6.45, 7) is 1.38. The highest BCUT2D eigenvalue weighted by molar-refractivity contribution is 5.96. The van der Waals surface area contributed by atoms with Gasteiger partial charge in [0.2, 0.25) is 5.76 Å². The Morgan fingerprint density at radius 3 is 2.41 bits per heavy atom. The molecule has 2 N–H and O–H groups in total. The predicted molar refractivity (Wildman–Crippen MR) is 75.6 cm³/mol. The quantitative estimate of drug-likeness (QED) is 0.655. The van der Waals surface area contributed by atoms with Gasteiger partial charge in [-0.3, -0.25) is 20.4 Å². The molecule has 0 bridgehead atoms. The van der Waals surface area contributed by atoms with Gasteiger partial charge < -0.3 is 9.15 Å². The maximum absolute atomic E-state index is 11.8. The molecule has 2 aromatic rings. The van der Waals surface area contributed by atoms with Crippen LogP contribution < -0.4 is 10.9 Å². The molecule has 0 aliphatic heterocycles. The number of rotatable bonds is 4. The number of carbonyl (C=O) groups excluding carboxylic acids is 3. The van der Waals surface area contributed by atoms with Crippen LogP contribution in [0.15, 0.2) is 53.1 Å². The number of carbonyl (C=O) groups is 3. The Morgan fingerprint density at radius 1 is 1.05 bits per heavy atom. The average Bonchev–Trinajstić information content (AvgIpc) is 3.07. The van der Waals surface area contributed by atoms with E-state index in [9.17, 15) is 14.4 Å². The first-order valence-corrected chi connectivity index (χ1v) is 6.47. The molecule has 0 aliphatic carbocycles. The van der Waals surface area contributed by atoms with Crippen LogP contribution in [0.2, 0.25) is 0 Å². The molecule has 7 nitrogen and oxygen atoms in total. The summed E-state index contributed by atoms with van der Waals surface area (Å²) in [5.74, 6) is -1.90. The van der Waals surface area contributed by atoms with Gasteiger partial charge in [-0.15, -0.1) is 0 Å². The summed E-state index contributed by atoms with van der Waals surface area (Å²) < 4.78 is 9.75. The zero-order valence-electron chi connectivity index (χ0n) is 11.7. The fraction of sp³-hybridized carbons (Fsp3) is 0.133. The first kappa shape index (κ1) is 15.3. The number of hydrogen-bond donors (Lipinski definition) is 2. The zero-order valence-corrected chi connectivity index (χ0v) is 11.7. The molecular weight excluding hydrogens is 288 g/mol. The fourth-order valence-corrected chi connectivity index (χ4v) is 1.55. The maximum Gasteiger partial charge on any atom is 0.374 e. The molecule has 0 saturated carbocycles. The molecule has 0 aliphatic rings. The third kappa shape index (κ3) is 3.95. The Balaban J connectivity index is 1.82. The molecule has 22 heavy (non-hydrogen) atoms. The number of hydrogen-bond acceptors (Lipinski definition) is 5. The Hall–Kier alpha value is -3.09. The van der Waals surface area contributed by atoms with Gasteiger partial charge >= 0.3 is 5.97 Å². The highest BCUT2D eigenvalue weighted by Gasteiger charge is 2.20. The van der Waals surface area contributed by atoms with Crippen molar-refractivity contribution in [1.82, 2.24) is 10.9 Å². The van der Waals surface area contributed by atoms with E-state index in [4.69, 9.17) is 9.15 Å². The van der Waals surface area contributed by atoms with Crippen LogP contribution >= 0.6 is 0 Å². The number of furan rings is 1. The fourth-order valence-electron chi connectivity index (χ4n) is 1.55. The summed E-state index contributed by atoms with van der Waals surface area (Å²) in [7, 11) is 0. The zero-order chi connectivity index (χ0) is 15.9. The lowest BCUT2D eigenvalue weighted by molar-refractivity contribution is -0.129. The molecule has 0 saturated heterocycles. The first-order valence-electron chi connectivity index (χ1n) is 6.47. The van der Waals surface area contributed by atoms with Crippen LogP contribution in [0.5, 0.6) is 0 Å². The number of esters is 1. The summed E-state index contributed by atoms with van der Waals surface area (Å²) in [5, 5.41) is 0. The summed E-state index contributed by atoms with van der Waals surface area (Å²) in [5.41, 5.74) is 4.81. The smallest absolute Gasteiger partial charge is 0.374 e. The van der Waals surface area contributed by atoms with E-state index < -0.39 is 23.9 Å². The molecule has 7 heteroatoms.